The molecule has 0 N–H and O–H groups in total. The molecule has 200 valence electrons. The minimum atomic E-state index is -0.442. The van der Waals surface area contributed by atoms with E-state index in [1.807, 2.05) is 91.2 Å². The first kappa shape index (κ1) is 26.1. The molecule has 1 saturated heterocycles. The lowest BCUT2D eigenvalue weighted by atomic mass is 10.1. The van der Waals surface area contributed by atoms with Gasteiger partial charge >= 0.3 is 0 Å². The molecular formula is C31H26Cl3NO4. The van der Waals surface area contributed by atoms with Crippen LogP contribution in [0.2, 0.25) is 15.2 Å². The first-order valence-corrected chi connectivity index (χ1v) is 13.8. The van der Waals surface area contributed by atoms with Crippen molar-refractivity contribution in [3.05, 3.63) is 105 Å². The number of hydrogen-bond acceptors (Lipinski definition) is 4. The second-order valence-corrected chi connectivity index (χ2v) is 10.9. The molecule has 3 heterocycles. The van der Waals surface area contributed by atoms with Gasteiger partial charge in [-0.1, -0.05) is 70.2 Å². The Balaban J connectivity index is 1.36. The van der Waals surface area contributed by atoms with Gasteiger partial charge in [0.05, 0.1) is 27.4 Å². The van der Waals surface area contributed by atoms with Gasteiger partial charge in [0.15, 0.2) is 0 Å². The Morgan fingerprint density at radius 2 is 1.54 bits per heavy atom. The predicted molar refractivity (Wildman–Crippen MR) is 155 cm³/mol. The highest BCUT2D eigenvalue weighted by Gasteiger charge is 2.40. The Morgan fingerprint density at radius 3 is 2.21 bits per heavy atom. The molecule has 3 atom stereocenters. The summed E-state index contributed by atoms with van der Waals surface area (Å²) in [5.41, 5.74) is 3.85. The van der Waals surface area contributed by atoms with Crippen molar-refractivity contribution in [3.63, 3.8) is 0 Å². The van der Waals surface area contributed by atoms with Gasteiger partial charge in [-0.05, 0) is 62.4 Å². The number of fused-ring (bicyclic) bond motifs is 1. The normalized spacial score (nSPS) is 19.1. The molecule has 0 aliphatic carbocycles. The van der Waals surface area contributed by atoms with Gasteiger partial charge in [-0.15, -0.1) is 0 Å². The van der Waals surface area contributed by atoms with Crippen LogP contribution in [0.15, 0.2) is 83.5 Å². The van der Waals surface area contributed by atoms with Crippen molar-refractivity contribution in [1.29, 1.82) is 0 Å². The number of nitrogens with zero attached hydrogens (tertiary/aromatic N) is 1. The molecule has 0 amide bonds. The number of furan rings is 1. The smallest absolute Gasteiger partial charge is 0.139 e. The first-order valence-electron chi connectivity index (χ1n) is 12.7. The summed E-state index contributed by atoms with van der Waals surface area (Å²) >= 11 is 19.9. The number of benzene rings is 3. The topological polar surface area (TPSA) is 45.8 Å². The zero-order valence-electron chi connectivity index (χ0n) is 21.4. The molecule has 5 aromatic rings. The van der Waals surface area contributed by atoms with Gasteiger partial charge in [-0.25, -0.2) is 0 Å². The van der Waals surface area contributed by atoms with Crippen LogP contribution in [0.25, 0.3) is 22.2 Å². The number of ether oxygens (including phenoxy) is 3. The second-order valence-electron chi connectivity index (χ2n) is 9.75. The van der Waals surface area contributed by atoms with E-state index in [9.17, 15) is 0 Å². The molecule has 0 unspecified atom stereocenters. The number of aromatic nitrogens is 1. The van der Waals surface area contributed by atoms with E-state index in [0.29, 0.717) is 34.0 Å². The molecule has 8 heteroatoms. The number of aryl methyl sites for hydroxylation is 2. The highest BCUT2D eigenvalue weighted by Crippen LogP contribution is 2.45. The predicted octanol–water partition coefficient (Wildman–Crippen LogP) is 9.29. The van der Waals surface area contributed by atoms with E-state index in [1.54, 1.807) is 6.26 Å². The highest BCUT2D eigenvalue weighted by molar-refractivity contribution is 6.43. The van der Waals surface area contributed by atoms with E-state index in [0.717, 1.165) is 33.5 Å². The molecule has 2 aromatic heterocycles. The molecule has 0 spiro atoms. The van der Waals surface area contributed by atoms with Crippen molar-refractivity contribution in [2.24, 2.45) is 0 Å². The fraction of sp³-hybridized carbons (Fsp3) is 0.226. The Bertz CT molecular complexity index is 1590. The summed E-state index contributed by atoms with van der Waals surface area (Å²) in [6.07, 6.45) is 1.06. The van der Waals surface area contributed by atoms with Crippen LogP contribution in [0.3, 0.4) is 0 Å². The van der Waals surface area contributed by atoms with E-state index >= 15 is 0 Å². The van der Waals surface area contributed by atoms with Gasteiger partial charge in [0.25, 0.3) is 0 Å². The van der Waals surface area contributed by atoms with Gasteiger partial charge in [-0.3, -0.25) is 0 Å². The van der Waals surface area contributed by atoms with Crippen LogP contribution in [0.5, 0.6) is 11.5 Å². The minimum Gasteiger partial charge on any atom is -0.491 e. The van der Waals surface area contributed by atoms with Crippen LogP contribution in [0, 0.1) is 13.8 Å². The van der Waals surface area contributed by atoms with Crippen molar-refractivity contribution >= 4 is 45.7 Å². The molecule has 0 saturated carbocycles. The van der Waals surface area contributed by atoms with Crippen molar-refractivity contribution < 1.29 is 18.6 Å². The summed E-state index contributed by atoms with van der Waals surface area (Å²) in [5.74, 6) is 2.17. The van der Waals surface area contributed by atoms with E-state index in [4.69, 9.17) is 53.4 Å². The van der Waals surface area contributed by atoms with Crippen LogP contribution in [0.4, 0.5) is 0 Å². The average Bonchev–Trinajstić information content (AvgIpc) is 3.64. The zero-order chi connectivity index (χ0) is 27.1. The fourth-order valence-corrected chi connectivity index (χ4v) is 5.66. The van der Waals surface area contributed by atoms with Crippen molar-refractivity contribution in [1.82, 2.24) is 4.57 Å². The maximum atomic E-state index is 7.05. The lowest BCUT2D eigenvalue weighted by Gasteiger charge is -2.20. The Labute approximate surface area is 241 Å². The summed E-state index contributed by atoms with van der Waals surface area (Å²) in [6.45, 7) is 4.40. The maximum absolute atomic E-state index is 7.05. The molecular weight excluding hydrogens is 557 g/mol. The molecule has 1 aliphatic rings. The molecule has 1 aliphatic heterocycles. The zero-order valence-corrected chi connectivity index (χ0v) is 23.6. The van der Waals surface area contributed by atoms with Gasteiger partial charge < -0.3 is 23.2 Å². The van der Waals surface area contributed by atoms with Crippen LogP contribution in [-0.4, -0.2) is 23.4 Å². The van der Waals surface area contributed by atoms with E-state index in [1.165, 1.54) is 5.56 Å². The second kappa shape index (κ2) is 10.8. The summed E-state index contributed by atoms with van der Waals surface area (Å²) in [6, 6.07) is 23.2. The SMILES string of the molecule is Cc1ccc(OC[C@H]2O[C@@H](n3c(Cl)c(-c4ccco4)c4cc(Cl)c(Cl)cc43)C[C@@H]2Oc2ccc(C)cc2)cc1. The summed E-state index contributed by atoms with van der Waals surface area (Å²) in [4.78, 5) is 0. The summed E-state index contributed by atoms with van der Waals surface area (Å²) in [5, 5.41) is 2.15. The van der Waals surface area contributed by atoms with E-state index < -0.39 is 6.23 Å². The Hall–Kier alpha value is -3.09. The molecule has 0 bridgehead atoms. The van der Waals surface area contributed by atoms with Gasteiger partial charge in [0, 0.05) is 11.8 Å². The summed E-state index contributed by atoms with van der Waals surface area (Å²) in [7, 11) is 0. The third kappa shape index (κ3) is 5.24. The largest absolute Gasteiger partial charge is 0.491 e. The van der Waals surface area contributed by atoms with Crippen LogP contribution in [-0.2, 0) is 4.74 Å². The quantitative estimate of drug-likeness (QED) is 0.192. The molecule has 5 nitrogen and oxygen atoms in total. The van der Waals surface area contributed by atoms with E-state index in [2.05, 4.69) is 0 Å². The van der Waals surface area contributed by atoms with Crippen LogP contribution in [0.1, 0.15) is 23.8 Å². The van der Waals surface area contributed by atoms with Crippen molar-refractivity contribution in [2.75, 3.05) is 6.61 Å². The number of rotatable bonds is 7. The summed E-state index contributed by atoms with van der Waals surface area (Å²) < 4.78 is 26.9. The minimum absolute atomic E-state index is 0.286. The standard InChI is InChI=1S/C31H26Cl3NO4/c1-18-5-9-20(10-6-18)37-17-28-27(38-21-11-7-19(2)8-12-21)16-29(39-28)35-25-15-24(33)23(32)14-22(25)30(31(35)34)26-4-3-13-36-26/h3-15,27-29H,16-17H2,1-2H3/t27-,28+,29+/m0/s1. The van der Waals surface area contributed by atoms with Gasteiger partial charge in [0.1, 0.15) is 47.5 Å². The molecule has 0 radical (unpaired) electrons. The van der Waals surface area contributed by atoms with E-state index in [-0.39, 0.29) is 12.2 Å². The van der Waals surface area contributed by atoms with Crippen molar-refractivity contribution in [3.8, 4) is 22.8 Å². The van der Waals surface area contributed by atoms with Crippen molar-refractivity contribution in [2.45, 2.75) is 38.7 Å². The Morgan fingerprint density at radius 1 is 0.872 bits per heavy atom. The lowest BCUT2D eigenvalue weighted by molar-refractivity contribution is -0.0336. The lowest BCUT2D eigenvalue weighted by Crippen LogP contribution is -2.32. The molecule has 3 aromatic carbocycles. The number of halogens is 3. The monoisotopic (exact) mass is 581 g/mol. The average molecular weight is 583 g/mol. The fourth-order valence-electron chi connectivity index (χ4n) is 4.95. The number of hydrogen-bond donors (Lipinski definition) is 0. The highest BCUT2D eigenvalue weighted by atomic mass is 35.5. The molecule has 1 fully saturated rings. The van der Waals surface area contributed by atoms with Crippen LogP contribution < -0.4 is 9.47 Å². The van der Waals surface area contributed by atoms with Gasteiger partial charge in [-0.2, -0.15) is 0 Å². The maximum Gasteiger partial charge on any atom is 0.139 e. The third-order valence-corrected chi connectivity index (χ3v) is 8.06. The van der Waals surface area contributed by atoms with Crippen LogP contribution >= 0.6 is 34.8 Å². The first-order chi connectivity index (χ1) is 18.9. The molecule has 39 heavy (non-hydrogen) atoms. The Kier molecular flexibility index (Phi) is 7.25. The molecule has 6 rings (SSSR count). The van der Waals surface area contributed by atoms with Gasteiger partial charge in [0.2, 0.25) is 0 Å². The third-order valence-electron chi connectivity index (χ3n) is 6.97.